The highest BCUT2D eigenvalue weighted by Crippen LogP contribution is 2.50. The fraction of sp³-hybridized carbons (Fsp3) is 0.200. The highest BCUT2D eigenvalue weighted by molar-refractivity contribution is 5.73. The number of pyridine rings is 1. The molecule has 0 aliphatic carbocycles. The van der Waals surface area contributed by atoms with Crippen molar-refractivity contribution in [1.29, 1.82) is 0 Å². The van der Waals surface area contributed by atoms with Crippen LogP contribution >= 0.6 is 0 Å². The SMILES string of the molecule is O=Cc1ccc(-c2ccc(C(O)(C(F)(F)F)C(F)(F)F)cc2F)cn1. The summed E-state index contributed by atoms with van der Waals surface area (Å²) in [6.45, 7) is 0. The predicted octanol–water partition coefficient (Wildman–Crippen LogP) is 4.01. The average Bonchev–Trinajstić information content (AvgIpc) is 2.52. The first-order valence-corrected chi connectivity index (χ1v) is 6.49. The summed E-state index contributed by atoms with van der Waals surface area (Å²) in [7, 11) is 0. The maximum Gasteiger partial charge on any atom is 0.430 e. The number of benzene rings is 1. The molecule has 0 atom stereocenters. The Hall–Kier alpha value is -2.49. The van der Waals surface area contributed by atoms with E-state index in [1.54, 1.807) is 0 Å². The number of hydrogen-bond donors (Lipinski definition) is 1. The van der Waals surface area contributed by atoms with E-state index < -0.39 is 29.3 Å². The number of hydrogen-bond acceptors (Lipinski definition) is 3. The molecule has 0 fully saturated rings. The molecule has 0 aliphatic heterocycles. The van der Waals surface area contributed by atoms with E-state index in [1.165, 1.54) is 12.1 Å². The third-order valence-corrected chi connectivity index (χ3v) is 3.43. The van der Waals surface area contributed by atoms with Crippen molar-refractivity contribution in [3.05, 3.63) is 53.6 Å². The van der Waals surface area contributed by atoms with Crippen molar-refractivity contribution in [1.82, 2.24) is 4.98 Å². The molecule has 25 heavy (non-hydrogen) atoms. The van der Waals surface area contributed by atoms with Gasteiger partial charge < -0.3 is 5.11 Å². The Labute approximate surface area is 135 Å². The number of carbonyl (C=O) groups is 1. The Balaban J connectivity index is 2.55. The second kappa shape index (κ2) is 6.10. The molecule has 0 saturated carbocycles. The molecule has 134 valence electrons. The lowest BCUT2D eigenvalue weighted by atomic mass is 9.90. The molecule has 2 aromatic rings. The summed E-state index contributed by atoms with van der Waals surface area (Å²) in [4.78, 5) is 14.1. The lowest BCUT2D eigenvalue weighted by Gasteiger charge is -2.32. The van der Waals surface area contributed by atoms with Crippen LogP contribution in [0.25, 0.3) is 11.1 Å². The van der Waals surface area contributed by atoms with E-state index in [0.29, 0.717) is 18.4 Å². The minimum Gasteiger partial charge on any atom is -0.369 e. The van der Waals surface area contributed by atoms with Crippen molar-refractivity contribution in [2.24, 2.45) is 0 Å². The normalized spacial score (nSPS) is 13.0. The van der Waals surface area contributed by atoms with Crippen LogP contribution in [0.5, 0.6) is 0 Å². The van der Waals surface area contributed by atoms with E-state index in [4.69, 9.17) is 0 Å². The van der Waals surface area contributed by atoms with Gasteiger partial charge >= 0.3 is 12.4 Å². The Morgan fingerprint density at radius 3 is 1.96 bits per heavy atom. The highest BCUT2D eigenvalue weighted by atomic mass is 19.4. The van der Waals surface area contributed by atoms with Gasteiger partial charge in [0.05, 0.1) is 0 Å². The van der Waals surface area contributed by atoms with Gasteiger partial charge in [0.2, 0.25) is 0 Å². The third-order valence-electron chi connectivity index (χ3n) is 3.43. The van der Waals surface area contributed by atoms with E-state index in [0.717, 1.165) is 6.20 Å². The zero-order chi connectivity index (χ0) is 19.0. The van der Waals surface area contributed by atoms with E-state index in [1.807, 2.05) is 0 Å². The van der Waals surface area contributed by atoms with E-state index in [-0.39, 0.29) is 22.9 Å². The fourth-order valence-corrected chi connectivity index (χ4v) is 2.10. The zero-order valence-electron chi connectivity index (χ0n) is 12.0. The quantitative estimate of drug-likeness (QED) is 0.659. The number of carbonyl (C=O) groups excluding carboxylic acids is 1. The maximum atomic E-state index is 14.1. The molecule has 1 aromatic heterocycles. The molecular formula is C15H8F7NO2. The van der Waals surface area contributed by atoms with Crippen LogP contribution in [-0.4, -0.2) is 28.7 Å². The third kappa shape index (κ3) is 3.21. The summed E-state index contributed by atoms with van der Waals surface area (Å²) in [5.41, 5.74) is -7.23. The molecular weight excluding hydrogens is 359 g/mol. The predicted molar refractivity (Wildman–Crippen MR) is 71.0 cm³/mol. The zero-order valence-corrected chi connectivity index (χ0v) is 12.0. The van der Waals surface area contributed by atoms with Crippen molar-refractivity contribution < 1.29 is 40.6 Å². The van der Waals surface area contributed by atoms with E-state index >= 15 is 0 Å². The van der Waals surface area contributed by atoms with Crippen molar-refractivity contribution in [3.8, 4) is 11.1 Å². The fourth-order valence-electron chi connectivity index (χ4n) is 2.10. The Morgan fingerprint density at radius 1 is 0.960 bits per heavy atom. The molecule has 0 aliphatic rings. The summed E-state index contributed by atoms with van der Waals surface area (Å²) >= 11 is 0. The molecule has 1 heterocycles. The van der Waals surface area contributed by atoms with Gasteiger partial charge in [-0.15, -0.1) is 0 Å². The number of aliphatic hydroxyl groups is 1. The van der Waals surface area contributed by atoms with Crippen molar-refractivity contribution >= 4 is 6.29 Å². The summed E-state index contributed by atoms with van der Waals surface area (Å²) < 4.78 is 90.8. The van der Waals surface area contributed by atoms with Crippen LogP contribution in [0, 0.1) is 5.82 Å². The molecule has 3 nitrogen and oxygen atoms in total. The minimum absolute atomic E-state index is 0.00398. The molecule has 0 unspecified atom stereocenters. The van der Waals surface area contributed by atoms with Crippen LogP contribution in [0.15, 0.2) is 36.5 Å². The van der Waals surface area contributed by atoms with Gasteiger partial charge in [0.1, 0.15) is 11.5 Å². The monoisotopic (exact) mass is 367 g/mol. The number of aromatic nitrogens is 1. The molecule has 0 amide bonds. The van der Waals surface area contributed by atoms with Crippen LogP contribution in [0.1, 0.15) is 16.1 Å². The number of aldehydes is 1. The van der Waals surface area contributed by atoms with Gasteiger partial charge in [-0.05, 0) is 12.1 Å². The largest absolute Gasteiger partial charge is 0.430 e. The second-order valence-electron chi connectivity index (χ2n) is 4.99. The number of halogens is 7. The van der Waals surface area contributed by atoms with Crippen LogP contribution in [0.4, 0.5) is 30.7 Å². The van der Waals surface area contributed by atoms with E-state index in [2.05, 4.69) is 4.98 Å². The molecule has 1 aromatic carbocycles. The van der Waals surface area contributed by atoms with Gasteiger partial charge in [-0.1, -0.05) is 18.2 Å². The van der Waals surface area contributed by atoms with Gasteiger partial charge in [0.25, 0.3) is 5.60 Å². The topological polar surface area (TPSA) is 50.2 Å². The summed E-state index contributed by atoms with van der Waals surface area (Å²) in [6, 6.07) is 3.35. The summed E-state index contributed by atoms with van der Waals surface area (Å²) in [6.07, 6.45) is -10.8. The second-order valence-corrected chi connectivity index (χ2v) is 4.99. The first kappa shape index (κ1) is 18.8. The highest BCUT2D eigenvalue weighted by Gasteiger charge is 2.71. The lowest BCUT2D eigenvalue weighted by molar-refractivity contribution is -0.376. The first-order chi connectivity index (χ1) is 11.4. The lowest BCUT2D eigenvalue weighted by Crippen LogP contribution is -2.53. The number of alkyl halides is 6. The van der Waals surface area contributed by atoms with Crippen LogP contribution in [0.2, 0.25) is 0 Å². The number of rotatable bonds is 3. The average molecular weight is 367 g/mol. The van der Waals surface area contributed by atoms with Gasteiger partial charge in [0, 0.05) is 22.9 Å². The molecule has 10 heteroatoms. The molecule has 1 N–H and O–H groups in total. The van der Waals surface area contributed by atoms with Gasteiger partial charge in [-0.2, -0.15) is 26.3 Å². The van der Waals surface area contributed by atoms with Crippen molar-refractivity contribution in [2.75, 3.05) is 0 Å². The van der Waals surface area contributed by atoms with Crippen LogP contribution < -0.4 is 0 Å². The smallest absolute Gasteiger partial charge is 0.369 e. The van der Waals surface area contributed by atoms with Gasteiger partial charge in [-0.25, -0.2) is 4.39 Å². The van der Waals surface area contributed by atoms with Crippen molar-refractivity contribution in [3.63, 3.8) is 0 Å². The summed E-state index contributed by atoms with van der Waals surface area (Å²) in [5.74, 6) is -1.43. The van der Waals surface area contributed by atoms with Crippen LogP contribution in [0.3, 0.4) is 0 Å². The Morgan fingerprint density at radius 2 is 1.56 bits per heavy atom. The van der Waals surface area contributed by atoms with Crippen LogP contribution in [-0.2, 0) is 5.60 Å². The summed E-state index contributed by atoms with van der Waals surface area (Å²) in [5, 5.41) is 9.24. The minimum atomic E-state index is -6.10. The Kier molecular flexibility index (Phi) is 4.60. The Bertz CT molecular complexity index is 768. The molecule has 0 saturated heterocycles. The molecule has 2 rings (SSSR count). The molecule has 0 radical (unpaired) electrons. The standard InChI is InChI=1S/C15H8F7NO2/c16-12-5-9(13(25,14(17,18)19)15(20,21)22)2-4-11(12)8-1-3-10(7-24)23-6-8/h1-7,25H. The van der Waals surface area contributed by atoms with Gasteiger partial charge in [0.15, 0.2) is 6.29 Å². The van der Waals surface area contributed by atoms with E-state index in [9.17, 15) is 40.6 Å². The molecule has 0 bridgehead atoms. The van der Waals surface area contributed by atoms with Gasteiger partial charge in [-0.3, -0.25) is 9.78 Å². The maximum absolute atomic E-state index is 14.1. The molecule has 0 spiro atoms. The first-order valence-electron chi connectivity index (χ1n) is 6.49. The van der Waals surface area contributed by atoms with Crippen molar-refractivity contribution in [2.45, 2.75) is 18.0 Å². The number of nitrogens with zero attached hydrogens (tertiary/aromatic N) is 1.